The molecule has 26 heavy (non-hydrogen) atoms. The average molecular weight is 471 g/mol. The second kappa shape index (κ2) is 10.2. The standard InChI is InChI=1S/C19H22FN3O2.HI/c1-2-21-19(22-11-14-7-9-15(20)10-8-14)23-12-16-13-24-17-5-3-4-6-18(17)25-16;/h3-10,16H,2,11-13H2,1H3,(H2,21,22,23);1H. The second-order valence-corrected chi connectivity index (χ2v) is 5.70. The van der Waals surface area contributed by atoms with E-state index in [9.17, 15) is 4.39 Å². The highest BCUT2D eigenvalue weighted by atomic mass is 127. The number of hydrogen-bond acceptors (Lipinski definition) is 3. The van der Waals surface area contributed by atoms with Crippen LogP contribution in [0.2, 0.25) is 0 Å². The van der Waals surface area contributed by atoms with Gasteiger partial charge in [-0.25, -0.2) is 9.38 Å². The fraction of sp³-hybridized carbons (Fsp3) is 0.316. The van der Waals surface area contributed by atoms with Crippen molar-refractivity contribution in [3.05, 3.63) is 59.9 Å². The Hall–Kier alpha value is -2.03. The number of guanidine groups is 1. The van der Waals surface area contributed by atoms with E-state index in [1.807, 2.05) is 31.2 Å². The zero-order chi connectivity index (χ0) is 17.5. The summed E-state index contributed by atoms with van der Waals surface area (Å²) in [5.41, 5.74) is 0.949. The van der Waals surface area contributed by atoms with E-state index in [2.05, 4.69) is 15.6 Å². The normalized spacial score (nSPS) is 15.8. The van der Waals surface area contributed by atoms with Gasteiger partial charge in [0.05, 0.1) is 13.1 Å². The molecule has 0 saturated heterocycles. The van der Waals surface area contributed by atoms with Crippen LogP contribution in [0.5, 0.6) is 11.5 Å². The molecule has 1 aliphatic rings. The number of aliphatic imine (C=N–C) groups is 1. The zero-order valence-corrected chi connectivity index (χ0v) is 16.9. The van der Waals surface area contributed by atoms with E-state index < -0.39 is 0 Å². The van der Waals surface area contributed by atoms with E-state index in [0.29, 0.717) is 25.7 Å². The summed E-state index contributed by atoms with van der Waals surface area (Å²) in [5, 5.41) is 6.45. The van der Waals surface area contributed by atoms with Crippen LogP contribution in [-0.4, -0.2) is 31.8 Å². The highest BCUT2D eigenvalue weighted by molar-refractivity contribution is 14.0. The van der Waals surface area contributed by atoms with Gasteiger partial charge in [-0.2, -0.15) is 0 Å². The molecule has 0 aliphatic carbocycles. The van der Waals surface area contributed by atoms with Gasteiger partial charge >= 0.3 is 0 Å². The van der Waals surface area contributed by atoms with Crippen molar-refractivity contribution < 1.29 is 13.9 Å². The molecule has 0 bridgehead atoms. The molecular weight excluding hydrogens is 448 g/mol. The van der Waals surface area contributed by atoms with Crippen molar-refractivity contribution >= 4 is 29.9 Å². The molecule has 1 unspecified atom stereocenters. The van der Waals surface area contributed by atoms with Crippen LogP contribution in [0.3, 0.4) is 0 Å². The molecule has 3 rings (SSSR count). The molecule has 2 N–H and O–H groups in total. The number of hydrogen-bond donors (Lipinski definition) is 2. The van der Waals surface area contributed by atoms with E-state index in [1.54, 1.807) is 12.1 Å². The summed E-state index contributed by atoms with van der Waals surface area (Å²) < 4.78 is 24.6. The van der Waals surface area contributed by atoms with Gasteiger partial charge in [0.2, 0.25) is 0 Å². The maximum Gasteiger partial charge on any atom is 0.191 e. The minimum atomic E-state index is -0.243. The summed E-state index contributed by atoms with van der Waals surface area (Å²) in [5.74, 6) is 1.98. The molecule has 5 nitrogen and oxygen atoms in total. The van der Waals surface area contributed by atoms with Gasteiger partial charge in [0, 0.05) is 6.54 Å². The molecule has 140 valence electrons. The number of benzene rings is 2. The van der Waals surface area contributed by atoms with Gasteiger partial charge in [-0.1, -0.05) is 24.3 Å². The maximum absolute atomic E-state index is 13.0. The lowest BCUT2D eigenvalue weighted by Gasteiger charge is -2.27. The highest BCUT2D eigenvalue weighted by Crippen LogP contribution is 2.30. The van der Waals surface area contributed by atoms with Crippen LogP contribution in [0.4, 0.5) is 4.39 Å². The van der Waals surface area contributed by atoms with Crippen molar-refractivity contribution in [2.45, 2.75) is 19.6 Å². The number of nitrogens with zero attached hydrogens (tertiary/aromatic N) is 1. The molecular formula is C19H23FIN3O2. The molecule has 2 aromatic carbocycles. The van der Waals surface area contributed by atoms with Gasteiger partial charge in [0.15, 0.2) is 17.5 Å². The maximum atomic E-state index is 13.0. The molecule has 0 spiro atoms. The summed E-state index contributed by atoms with van der Waals surface area (Å²) in [6.07, 6.45) is -0.0930. The summed E-state index contributed by atoms with van der Waals surface area (Å²) >= 11 is 0. The van der Waals surface area contributed by atoms with Crippen LogP contribution in [0.25, 0.3) is 0 Å². The predicted octanol–water partition coefficient (Wildman–Crippen LogP) is 3.34. The minimum absolute atomic E-state index is 0. The van der Waals surface area contributed by atoms with Crippen molar-refractivity contribution in [1.82, 2.24) is 10.6 Å². The number of rotatable bonds is 5. The first-order chi connectivity index (χ1) is 12.2. The minimum Gasteiger partial charge on any atom is -0.486 e. The number of fused-ring (bicyclic) bond motifs is 1. The summed E-state index contributed by atoms with van der Waals surface area (Å²) in [6, 6.07) is 14.0. The van der Waals surface area contributed by atoms with E-state index in [1.165, 1.54) is 12.1 Å². The Morgan fingerprint density at radius 1 is 1.12 bits per heavy atom. The number of nitrogens with one attached hydrogen (secondary N) is 2. The molecule has 0 amide bonds. The van der Waals surface area contributed by atoms with Gasteiger partial charge in [-0.3, -0.25) is 0 Å². The summed E-state index contributed by atoms with van der Waals surface area (Å²) in [7, 11) is 0. The molecule has 0 saturated carbocycles. The number of halogens is 2. The first-order valence-electron chi connectivity index (χ1n) is 8.39. The average Bonchev–Trinajstić information content (AvgIpc) is 2.65. The Morgan fingerprint density at radius 3 is 2.58 bits per heavy atom. The topological polar surface area (TPSA) is 54.9 Å². The van der Waals surface area contributed by atoms with Crippen molar-refractivity contribution in [2.24, 2.45) is 4.99 Å². The van der Waals surface area contributed by atoms with E-state index >= 15 is 0 Å². The Kier molecular flexibility index (Phi) is 7.96. The molecule has 2 aromatic rings. The summed E-state index contributed by atoms with van der Waals surface area (Å²) in [4.78, 5) is 4.52. The molecule has 1 heterocycles. The first-order valence-corrected chi connectivity index (χ1v) is 8.39. The highest BCUT2D eigenvalue weighted by Gasteiger charge is 2.20. The van der Waals surface area contributed by atoms with Gasteiger partial charge < -0.3 is 20.1 Å². The molecule has 7 heteroatoms. The first kappa shape index (κ1) is 20.3. The van der Waals surface area contributed by atoms with Crippen LogP contribution >= 0.6 is 24.0 Å². The quantitative estimate of drug-likeness (QED) is 0.399. The van der Waals surface area contributed by atoms with E-state index in [-0.39, 0.29) is 35.9 Å². The molecule has 0 aromatic heterocycles. The smallest absolute Gasteiger partial charge is 0.191 e. The van der Waals surface area contributed by atoms with E-state index in [4.69, 9.17) is 9.47 Å². The van der Waals surface area contributed by atoms with Crippen molar-refractivity contribution in [3.8, 4) is 11.5 Å². The van der Waals surface area contributed by atoms with Crippen molar-refractivity contribution in [1.29, 1.82) is 0 Å². The van der Waals surface area contributed by atoms with Crippen LogP contribution < -0.4 is 20.1 Å². The molecule has 0 radical (unpaired) electrons. The monoisotopic (exact) mass is 471 g/mol. The van der Waals surface area contributed by atoms with Crippen LogP contribution in [0, 0.1) is 5.82 Å². The van der Waals surface area contributed by atoms with Crippen molar-refractivity contribution in [3.63, 3.8) is 0 Å². The fourth-order valence-electron chi connectivity index (χ4n) is 2.48. The number of para-hydroxylation sites is 2. The lowest BCUT2D eigenvalue weighted by Crippen LogP contribution is -2.45. The molecule has 1 atom stereocenters. The summed E-state index contributed by atoms with van der Waals surface area (Å²) in [6.45, 7) is 4.29. The van der Waals surface area contributed by atoms with Gasteiger partial charge in [0.25, 0.3) is 0 Å². The zero-order valence-electron chi connectivity index (χ0n) is 14.6. The third-order valence-corrected chi connectivity index (χ3v) is 3.74. The second-order valence-electron chi connectivity index (χ2n) is 5.70. The Labute approximate surface area is 170 Å². The lowest BCUT2D eigenvalue weighted by atomic mass is 10.2. The molecule has 1 aliphatic heterocycles. The van der Waals surface area contributed by atoms with Gasteiger partial charge in [-0.05, 0) is 36.8 Å². The van der Waals surface area contributed by atoms with Crippen molar-refractivity contribution in [2.75, 3.05) is 19.7 Å². The van der Waals surface area contributed by atoms with E-state index in [0.717, 1.165) is 23.6 Å². The Bertz CT molecular complexity index is 725. The molecule has 0 fully saturated rings. The third kappa shape index (κ3) is 5.76. The Morgan fingerprint density at radius 2 is 1.85 bits per heavy atom. The third-order valence-electron chi connectivity index (χ3n) is 3.74. The van der Waals surface area contributed by atoms with Gasteiger partial charge in [0.1, 0.15) is 18.5 Å². The fourth-order valence-corrected chi connectivity index (χ4v) is 2.48. The van der Waals surface area contributed by atoms with Crippen LogP contribution in [0.15, 0.2) is 53.5 Å². The largest absolute Gasteiger partial charge is 0.486 e. The number of ether oxygens (including phenoxy) is 2. The lowest BCUT2D eigenvalue weighted by molar-refractivity contribution is 0.0936. The van der Waals surface area contributed by atoms with Crippen LogP contribution in [0.1, 0.15) is 12.5 Å². The predicted molar refractivity (Wildman–Crippen MR) is 111 cm³/mol. The van der Waals surface area contributed by atoms with Crippen LogP contribution in [-0.2, 0) is 6.54 Å². The van der Waals surface area contributed by atoms with Gasteiger partial charge in [-0.15, -0.1) is 24.0 Å². The Balaban J connectivity index is 0.00000243. The SMILES string of the molecule is CCNC(=NCc1ccc(F)cc1)NCC1COc2ccccc2O1.I.